The van der Waals surface area contributed by atoms with E-state index in [1.807, 2.05) is 0 Å². The van der Waals surface area contributed by atoms with Gasteiger partial charge in [-0.3, -0.25) is 4.90 Å². The van der Waals surface area contributed by atoms with Gasteiger partial charge >= 0.3 is 6.18 Å². The van der Waals surface area contributed by atoms with Crippen molar-refractivity contribution >= 4 is 0 Å². The third kappa shape index (κ3) is 8.97. The number of aliphatic hydroxyl groups excluding tert-OH is 1. The van der Waals surface area contributed by atoms with Crippen molar-refractivity contribution in [3.8, 4) is 0 Å². The van der Waals surface area contributed by atoms with Crippen molar-refractivity contribution in [1.29, 1.82) is 0 Å². The van der Waals surface area contributed by atoms with Crippen LogP contribution in [-0.2, 0) is 0 Å². The molecule has 1 N–H and O–H groups in total. The van der Waals surface area contributed by atoms with Gasteiger partial charge in [0, 0.05) is 12.6 Å². The van der Waals surface area contributed by atoms with E-state index < -0.39 is 12.7 Å². The van der Waals surface area contributed by atoms with E-state index in [0.717, 1.165) is 25.7 Å². The van der Waals surface area contributed by atoms with Crippen LogP contribution in [0.1, 0.15) is 39.5 Å². The molecule has 98 valence electrons. The smallest absolute Gasteiger partial charge is 0.396 e. The molecule has 0 heterocycles. The first kappa shape index (κ1) is 15.7. The van der Waals surface area contributed by atoms with Crippen LogP contribution in [0, 0.1) is 0 Å². The van der Waals surface area contributed by atoms with Crippen LogP contribution in [-0.4, -0.2) is 41.9 Å². The van der Waals surface area contributed by atoms with E-state index in [4.69, 9.17) is 5.11 Å². The Labute approximate surface area is 95.4 Å². The van der Waals surface area contributed by atoms with Gasteiger partial charge in [0.2, 0.25) is 0 Å². The lowest BCUT2D eigenvalue weighted by molar-refractivity contribution is -0.149. The molecule has 16 heavy (non-hydrogen) atoms. The van der Waals surface area contributed by atoms with Crippen LogP contribution >= 0.6 is 0 Å². The van der Waals surface area contributed by atoms with Crippen LogP contribution in [0.3, 0.4) is 0 Å². The van der Waals surface area contributed by atoms with Crippen LogP contribution in [0.4, 0.5) is 13.2 Å². The fourth-order valence-corrected chi connectivity index (χ4v) is 1.53. The Kier molecular flexibility index (Phi) is 7.76. The van der Waals surface area contributed by atoms with Gasteiger partial charge in [0.25, 0.3) is 0 Å². The van der Waals surface area contributed by atoms with Crippen molar-refractivity contribution in [1.82, 2.24) is 4.90 Å². The maximum atomic E-state index is 12.2. The van der Waals surface area contributed by atoms with Gasteiger partial charge in [-0.1, -0.05) is 12.8 Å². The van der Waals surface area contributed by atoms with Gasteiger partial charge in [-0.05, 0) is 33.2 Å². The Morgan fingerprint density at radius 1 is 1.06 bits per heavy atom. The highest BCUT2D eigenvalue weighted by atomic mass is 19.4. The first-order valence-electron chi connectivity index (χ1n) is 5.78. The van der Waals surface area contributed by atoms with Crippen molar-refractivity contribution < 1.29 is 18.3 Å². The topological polar surface area (TPSA) is 23.5 Å². The van der Waals surface area contributed by atoms with Gasteiger partial charge < -0.3 is 5.11 Å². The van der Waals surface area contributed by atoms with Gasteiger partial charge in [0.1, 0.15) is 0 Å². The maximum absolute atomic E-state index is 12.2. The minimum atomic E-state index is -4.12. The molecule has 0 radical (unpaired) electrons. The number of aliphatic hydroxyl groups is 1. The van der Waals surface area contributed by atoms with Gasteiger partial charge in [0.15, 0.2) is 0 Å². The molecule has 0 fully saturated rings. The highest BCUT2D eigenvalue weighted by Gasteiger charge is 2.31. The van der Waals surface area contributed by atoms with Crippen LogP contribution in [0.15, 0.2) is 0 Å². The lowest BCUT2D eigenvalue weighted by atomic mass is 10.2. The van der Waals surface area contributed by atoms with E-state index in [1.165, 1.54) is 4.90 Å². The van der Waals surface area contributed by atoms with Gasteiger partial charge in [-0.2, -0.15) is 13.2 Å². The molecule has 0 spiro atoms. The lowest BCUT2D eigenvalue weighted by Crippen LogP contribution is -2.39. The molecule has 0 aromatic carbocycles. The molecule has 0 aliphatic rings. The highest BCUT2D eigenvalue weighted by molar-refractivity contribution is 4.67. The number of hydrogen-bond acceptors (Lipinski definition) is 2. The first-order chi connectivity index (χ1) is 7.37. The van der Waals surface area contributed by atoms with Crippen LogP contribution in [0.25, 0.3) is 0 Å². The summed E-state index contributed by atoms with van der Waals surface area (Å²) in [6.07, 6.45) is -0.860. The van der Waals surface area contributed by atoms with Crippen LogP contribution in [0.5, 0.6) is 0 Å². The average Bonchev–Trinajstić information content (AvgIpc) is 2.13. The fraction of sp³-hybridized carbons (Fsp3) is 1.00. The molecule has 5 heteroatoms. The van der Waals surface area contributed by atoms with Crippen LogP contribution in [0.2, 0.25) is 0 Å². The van der Waals surface area contributed by atoms with E-state index in [1.54, 1.807) is 13.8 Å². The molecular formula is C11H22F3NO. The Hall–Kier alpha value is -0.290. The zero-order valence-electron chi connectivity index (χ0n) is 10.1. The molecule has 0 unspecified atom stereocenters. The molecule has 0 atom stereocenters. The summed E-state index contributed by atoms with van der Waals surface area (Å²) in [5.41, 5.74) is 0. The zero-order chi connectivity index (χ0) is 12.6. The Morgan fingerprint density at radius 3 is 2.06 bits per heavy atom. The summed E-state index contributed by atoms with van der Waals surface area (Å²) in [4.78, 5) is 1.44. The fourth-order valence-electron chi connectivity index (χ4n) is 1.53. The second kappa shape index (κ2) is 7.90. The van der Waals surface area contributed by atoms with Crippen molar-refractivity contribution in [3.05, 3.63) is 0 Å². The second-order valence-electron chi connectivity index (χ2n) is 4.32. The summed E-state index contributed by atoms with van der Waals surface area (Å²) in [5.74, 6) is 0. The molecule has 0 saturated carbocycles. The molecule has 0 aromatic heterocycles. The molecule has 0 aliphatic carbocycles. The first-order valence-corrected chi connectivity index (χ1v) is 5.78. The molecular weight excluding hydrogens is 219 g/mol. The van der Waals surface area contributed by atoms with E-state index in [-0.39, 0.29) is 12.6 Å². The molecule has 0 aliphatic heterocycles. The number of unbranched alkanes of at least 4 members (excludes halogenated alkanes) is 3. The number of rotatable bonds is 8. The Morgan fingerprint density at radius 2 is 1.62 bits per heavy atom. The van der Waals surface area contributed by atoms with E-state index in [9.17, 15) is 13.2 Å². The number of nitrogens with zero attached hydrogens (tertiary/aromatic N) is 1. The quantitative estimate of drug-likeness (QED) is 0.660. The molecule has 2 nitrogen and oxygen atoms in total. The molecule has 0 saturated heterocycles. The lowest BCUT2D eigenvalue weighted by Gasteiger charge is -2.27. The third-order valence-electron chi connectivity index (χ3n) is 2.47. The average molecular weight is 241 g/mol. The van der Waals surface area contributed by atoms with Gasteiger partial charge in [0.05, 0.1) is 6.54 Å². The van der Waals surface area contributed by atoms with Gasteiger partial charge in [-0.15, -0.1) is 0 Å². The zero-order valence-corrected chi connectivity index (χ0v) is 10.1. The monoisotopic (exact) mass is 241 g/mol. The van der Waals surface area contributed by atoms with E-state index >= 15 is 0 Å². The van der Waals surface area contributed by atoms with E-state index in [2.05, 4.69) is 0 Å². The predicted molar refractivity (Wildman–Crippen MR) is 58.3 cm³/mol. The maximum Gasteiger partial charge on any atom is 0.401 e. The third-order valence-corrected chi connectivity index (χ3v) is 2.47. The Balaban J connectivity index is 3.78. The molecule has 0 amide bonds. The van der Waals surface area contributed by atoms with E-state index in [0.29, 0.717) is 6.54 Å². The summed E-state index contributed by atoms with van der Waals surface area (Å²) < 4.78 is 36.7. The van der Waals surface area contributed by atoms with Crippen molar-refractivity contribution in [3.63, 3.8) is 0 Å². The van der Waals surface area contributed by atoms with Crippen LogP contribution < -0.4 is 0 Å². The van der Waals surface area contributed by atoms with Gasteiger partial charge in [-0.25, -0.2) is 0 Å². The Bertz CT molecular complexity index is 171. The number of halogens is 3. The summed E-state index contributed by atoms with van der Waals surface area (Å²) in [6.45, 7) is 3.36. The minimum absolute atomic E-state index is 0.0838. The van der Waals surface area contributed by atoms with Crippen molar-refractivity contribution in [2.24, 2.45) is 0 Å². The largest absolute Gasteiger partial charge is 0.401 e. The predicted octanol–water partition coefficient (Wildman–Crippen LogP) is 2.81. The van der Waals surface area contributed by atoms with Crippen molar-refractivity contribution in [2.45, 2.75) is 51.7 Å². The summed E-state index contributed by atoms with van der Waals surface area (Å²) in [6, 6.07) is -0.0838. The second-order valence-corrected chi connectivity index (χ2v) is 4.32. The summed E-state index contributed by atoms with van der Waals surface area (Å²) >= 11 is 0. The summed E-state index contributed by atoms with van der Waals surface area (Å²) in [7, 11) is 0. The summed E-state index contributed by atoms with van der Waals surface area (Å²) in [5, 5.41) is 8.56. The van der Waals surface area contributed by atoms with Crippen molar-refractivity contribution in [2.75, 3.05) is 19.7 Å². The highest BCUT2D eigenvalue weighted by Crippen LogP contribution is 2.18. The minimum Gasteiger partial charge on any atom is -0.396 e. The SMILES string of the molecule is CC(C)N(CCCCCCO)CC(F)(F)F. The molecule has 0 aromatic rings. The molecule has 0 bridgehead atoms. The number of hydrogen-bond donors (Lipinski definition) is 1. The number of alkyl halides is 3. The normalized spacial score (nSPS) is 12.8. The molecule has 0 rings (SSSR count). The standard InChI is InChI=1S/C11H22F3NO/c1-10(2)15(9-11(12,13)14)7-5-3-4-6-8-16/h10,16H,3-9H2,1-2H3.